The van der Waals surface area contributed by atoms with Crippen molar-refractivity contribution in [1.82, 2.24) is 5.32 Å². The molecule has 0 bridgehead atoms. The average Bonchev–Trinajstić information content (AvgIpc) is 2.51. The lowest BCUT2D eigenvalue weighted by Gasteiger charge is -2.34. The lowest BCUT2D eigenvalue weighted by Crippen LogP contribution is -2.37. The van der Waals surface area contributed by atoms with Crippen LogP contribution in [0, 0.1) is 11.2 Å². The van der Waals surface area contributed by atoms with Crippen LogP contribution in [-0.4, -0.2) is 26.8 Å². The number of benzene rings is 1. The van der Waals surface area contributed by atoms with Gasteiger partial charge in [-0.05, 0) is 42.4 Å². The monoisotopic (exact) mass is 295 g/mol. The maximum Gasteiger partial charge on any atom is 0.123 e. The van der Waals surface area contributed by atoms with Crippen LogP contribution in [0.5, 0.6) is 0 Å². The van der Waals surface area contributed by atoms with E-state index in [0.717, 1.165) is 32.5 Å². The Morgan fingerprint density at radius 3 is 2.48 bits per heavy atom. The zero-order chi connectivity index (χ0) is 15.6. The molecule has 0 aliphatic carbocycles. The molecule has 1 unspecified atom stereocenters. The van der Waals surface area contributed by atoms with E-state index in [1.165, 1.54) is 24.8 Å². The fourth-order valence-electron chi connectivity index (χ4n) is 2.78. The van der Waals surface area contributed by atoms with E-state index in [0.29, 0.717) is 0 Å². The number of rotatable bonds is 11. The quantitative estimate of drug-likeness (QED) is 0.618. The minimum absolute atomic E-state index is 0.160. The summed E-state index contributed by atoms with van der Waals surface area (Å²) in [4.78, 5) is 0. The first kappa shape index (κ1) is 18.1. The summed E-state index contributed by atoms with van der Waals surface area (Å²) < 4.78 is 18.2. The van der Waals surface area contributed by atoms with Gasteiger partial charge in [0.25, 0.3) is 0 Å². The number of unbranched alkanes of at least 4 members (excludes halogenated alkanes) is 1. The van der Waals surface area contributed by atoms with Gasteiger partial charge in [-0.3, -0.25) is 0 Å². The van der Waals surface area contributed by atoms with Crippen LogP contribution in [0.25, 0.3) is 0 Å². The van der Waals surface area contributed by atoms with Gasteiger partial charge in [0.2, 0.25) is 0 Å². The van der Waals surface area contributed by atoms with Gasteiger partial charge in [0.15, 0.2) is 0 Å². The van der Waals surface area contributed by atoms with Gasteiger partial charge in [0.1, 0.15) is 5.82 Å². The van der Waals surface area contributed by atoms with Crippen LogP contribution >= 0.6 is 0 Å². The van der Waals surface area contributed by atoms with Crippen molar-refractivity contribution in [2.45, 2.75) is 46.0 Å². The zero-order valence-electron chi connectivity index (χ0n) is 13.8. The molecular weight excluding hydrogens is 265 g/mol. The van der Waals surface area contributed by atoms with Gasteiger partial charge in [-0.2, -0.15) is 0 Å². The van der Waals surface area contributed by atoms with Gasteiger partial charge in [-0.25, -0.2) is 4.39 Å². The molecule has 1 aromatic carbocycles. The number of hydrogen-bond donors (Lipinski definition) is 1. The van der Waals surface area contributed by atoms with E-state index in [1.807, 2.05) is 12.1 Å². The summed E-state index contributed by atoms with van der Waals surface area (Å²) in [6.45, 7) is 7.11. The van der Waals surface area contributed by atoms with Crippen molar-refractivity contribution in [2.24, 2.45) is 5.41 Å². The molecule has 0 spiro atoms. The van der Waals surface area contributed by atoms with Gasteiger partial charge in [-0.1, -0.05) is 38.8 Å². The summed E-state index contributed by atoms with van der Waals surface area (Å²) in [6, 6.07) is 6.96. The van der Waals surface area contributed by atoms with Crippen LogP contribution in [0.1, 0.15) is 45.1 Å². The third-order valence-electron chi connectivity index (χ3n) is 4.29. The summed E-state index contributed by atoms with van der Waals surface area (Å²) in [6.07, 6.45) is 5.79. The van der Waals surface area contributed by atoms with Crippen LogP contribution in [0.2, 0.25) is 0 Å². The normalized spacial score (nSPS) is 14.1. The Morgan fingerprint density at radius 2 is 1.90 bits per heavy atom. The van der Waals surface area contributed by atoms with Crippen molar-refractivity contribution in [1.29, 1.82) is 0 Å². The summed E-state index contributed by atoms with van der Waals surface area (Å²) in [5.74, 6) is -0.160. The molecule has 0 fully saturated rings. The predicted octanol–water partition coefficient (Wildman–Crippen LogP) is 4.19. The highest BCUT2D eigenvalue weighted by molar-refractivity contribution is 5.18. The van der Waals surface area contributed by atoms with E-state index in [9.17, 15) is 4.39 Å². The zero-order valence-corrected chi connectivity index (χ0v) is 13.8. The molecule has 1 aromatic rings. The first-order chi connectivity index (χ1) is 10.2. The van der Waals surface area contributed by atoms with E-state index >= 15 is 0 Å². The fourth-order valence-corrected chi connectivity index (χ4v) is 2.78. The molecule has 0 radical (unpaired) electrons. The van der Waals surface area contributed by atoms with Crippen molar-refractivity contribution in [3.63, 3.8) is 0 Å². The van der Waals surface area contributed by atoms with E-state index in [-0.39, 0.29) is 11.2 Å². The molecule has 0 aliphatic heterocycles. The summed E-state index contributed by atoms with van der Waals surface area (Å²) in [5.41, 5.74) is 1.48. The largest absolute Gasteiger partial charge is 0.383 e. The molecule has 3 heteroatoms. The SMILES string of the molecule is CCCCC(CC)(CNCCOC)Cc1ccc(F)cc1. The van der Waals surface area contributed by atoms with Gasteiger partial charge in [0.05, 0.1) is 6.61 Å². The maximum atomic E-state index is 13.1. The highest BCUT2D eigenvalue weighted by Gasteiger charge is 2.27. The minimum atomic E-state index is -0.160. The molecule has 0 saturated heterocycles. The minimum Gasteiger partial charge on any atom is -0.383 e. The molecule has 0 heterocycles. The highest BCUT2D eigenvalue weighted by Crippen LogP contribution is 2.32. The van der Waals surface area contributed by atoms with Gasteiger partial charge >= 0.3 is 0 Å². The molecule has 0 amide bonds. The second-order valence-corrected chi connectivity index (χ2v) is 5.93. The third kappa shape index (κ3) is 6.58. The summed E-state index contributed by atoms with van der Waals surface area (Å²) >= 11 is 0. The van der Waals surface area contributed by atoms with Gasteiger partial charge < -0.3 is 10.1 Å². The molecule has 1 rings (SSSR count). The van der Waals surface area contributed by atoms with Gasteiger partial charge in [-0.15, -0.1) is 0 Å². The third-order valence-corrected chi connectivity index (χ3v) is 4.29. The van der Waals surface area contributed by atoms with Gasteiger partial charge in [0, 0.05) is 20.2 Å². The van der Waals surface area contributed by atoms with E-state index in [1.54, 1.807) is 19.2 Å². The molecule has 120 valence electrons. The Kier molecular flexibility index (Phi) is 8.55. The lowest BCUT2D eigenvalue weighted by atomic mass is 9.75. The Balaban J connectivity index is 2.70. The van der Waals surface area contributed by atoms with Crippen molar-refractivity contribution in [3.8, 4) is 0 Å². The van der Waals surface area contributed by atoms with Crippen molar-refractivity contribution in [3.05, 3.63) is 35.6 Å². The smallest absolute Gasteiger partial charge is 0.123 e. The fraction of sp³-hybridized carbons (Fsp3) is 0.667. The predicted molar refractivity (Wildman–Crippen MR) is 87.1 cm³/mol. The average molecular weight is 295 g/mol. The standard InChI is InChI=1S/C18H30FNO/c1-4-6-11-18(5-2,15-20-12-13-21-3)14-16-7-9-17(19)10-8-16/h7-10,20H,4-6,11-15H2,1-3H3. The molecule has 1 atom stereocenters. The van der Waals surface area contributed by atoms with E-state index in [2.05, 4.69) is 19.2 Å². The Labute approximate surface area is 129 Å². The number of halogens is 1. The molecule has 2 nitrogen and oxygen atoms in total. The molecule has 1 N–H and O–H groups in total. The van der Waals surface area contributed by atoms with Crippen molar-refractivity contribution in [2.75, 3.05) is 26.8 Å². The molecule has 0 aliphatic rings. The molecule has 0 aromatic heterocycles. The molecule has 0 saturated carbocycles. The Morgan fingerprint density at radius 1 is 1.19 bits per heavy atom. The maximum absolute atomic E-state index is 13.1. The summed E-state index contributed by atoms with van der Waals surface area (Å²) in [5, 5.41) is 3.52. The van der Waals surface area contributed by atoms with E-state index < -0.39 is 0 Å². The first-order valence-corrected chi connectivity index (χ1v) is 8.10. The number of ether oxygens (including phenoxy) is 1. The van der Waals surface area contributed by atoms with Crippen LogP contribution in [-0.2, 0) is 11.2 Å². The van der Waals surface area contributed by atoms with Crippen LogP contribution in [0.15, 0.2) is 24.3 Å². The summed E-state index contributed by atoms with van der Waals surface area (Å²) in [7, 11) is 1.73. The number of methoxy groups -OCH3 is 1. The second-order valence-electron chi connectivity index (χ2n) is 5.93. The lowest BCUT2D eigenvalue weighted by molar-refractivity contribution is 0.182. The topological polar surface area (TPSA) is 21.3 Å². The van der Waals surface area contributed by atoms with E-state index in [4.69, 9.17) is 4.74 Å². The number of hydrogen-bond acceptors (Lipinski definition) is 2. The van der Waals surface area contributed by atoms with Crippen LogP contribution in [0.3, 0.4) is 0 Å². The Hall–Kier alpha value is -0.930. The second kappa shape index (κ2) is 9.91. The number of nitrogens with one attached hydrogen (secondary N) is 1. The molecular formula is C18H30FNO. The van der Waals surface area contributed by atoms with Crippen LogP contribution < -0.4 is 5.32 Å². The van der Waals surface area contributed by atoms with Crippen molar-refractivity contribution < 1.29 is 9.13 Å². The van der Waals surface area contributed by atoms with Crippen LogP contribution in [0.4, 0.5) is 4.39 Å². The van der Waals surface area contributed by atoms with Crippen molar-refractivity contribution >= 4 is 0 Å². The highest BCUT2D eigenvalue weighted by atomic mass is 19.1. The first-order valence-electron chi connectivity index (χ1n) is 8.10. The molecule has 21 heavy (non-hydrogen) atoms. The Bertz CT molecular complexity index is 379.